The predicted molar refractivity (Wildman–Crippen MR) is 80.6 cm³/mol. The Balaban J connectivity index is 1.78. The molecule has 0 atom stereocenters. The summed E-state index contributed by atoms with van der Waals surface area (Å²) in [6.45, 7) is 0.432. The number of thiophene rings is 1. The molecule has 1 aromatic carbocycles. The monoisotopic (exact) mass is 305 g/mol. The Hall–Kier alpha value is -2.54. The fourth-order valence-electron chi connectivity index (χ4n) is 1.57. The van der Waals surface area contributed by atoms with Gasteiger partial charge in [0.15, 0.2) is 12.4 Å². The first-order valence-electron chi connectivity index (χ1n) is 6.17. The number of carbonyl (C=O) groups excluding carboxylic acids is 1. The highest BCUT2D eigenvalue weighted by atomic mass is 32.1. The maximum Gasteiger partial charge on any atom is 0.258 e. The van der Waals surface area contributed by atoms with Crippen LogP contribution in [0.25, 0.3) is 0 Å². The van der Waals surface area contributed by atoms with Gasteiger partial charge in [0.05, 0.1) is 0 Å². The van der Waals surface area contributed by atoms with E-state index < -0.39 is 0 Å². The van der Waals surface area contributed by atoms with Crippen LogP contribution in [0.15, 0.2) is 46.2 Å². The molecule has 1 heterocycles. The van der Waals surface area contributed by atoms with Crippen molar-refractivity contribution < 1.29 is 14.7 Å². The van der Waals surface area contributed by atoms with Crippen LogP contribution in [0.1, 0.15) is 11.1 Å². The van der Waals surface area contributed by atoms with Crippen molar-refractivity contribution >= 4 is 23.1 Å². The quantitative estimate of drug-likeness (QED) is 0.326. The molecule has 0 aliphatic carbocycles. The average molecular weight is 305 g/mol. The van der Waals surface area contributed by atoms with E-state index in [1.54, 1.807) is 35.6 Å². The number of amides is 1. The van der Waals surface area contributed by atoms with Gasteiger partial charge in [0.2, 0.25) is 0 Å². The molecule has 0 unspecified atom stereocenters. The van der Waals surface area contributed by atoms with Crippen LogP contribution in [0.4, 0.5) is 0 Å². The second kappa shape index (κ2) is 7.30. The number of hydrogen-bond acceptors (Lipinski definition) is 5. The molecule has 21 heavy (non-hydrogen) atoms. The van der Waals surface area contributed by atoms with E-state index in [2.05, 4.69) is 10.5 Å². The van der Waals surface area contributed by atoms with Crippen LogP contribution in [0.2, 0.25) is 0 Å². The van der Waals surface area contributed by atoms with Gasteiger partial charge in [0.1, 0.15) is 5.75 Å². The number of ether oxygens (including phenoxy) is 1. The average Bonchev–Trinajstić information content (AvgIpc) is 3.04. The number of rotatable bonds is 6. The molecule has 0 aliphatic heterocycles. The summed E-state index contributed by atoms with van der Waals surface area (Å²) in [5.41, 5.74) is 7.09. The number of nitrogens with two attached hydrogens (primary N) is 1. The number of nitrogens with zero attached hydrogens (tertiary/aromatic N) is 1. The molecule has 1 amide bonds. The Morgan fingerprint density at radius 3 is 2.71 bits per heavy atom. The number of oxime groups is 1. The zero-order chi connectivity index (χ0) is 15.1. The molecule has 0 fully saturated rings. The lowest BCUT2D eigenvalue weighted by Gasteiger charge is -2.07. The number of carbonyl (C=O) groups is 1. The molecule has 0 spiro atoms. The number of nitrogens with one attached hydrogen (secondary N) is 1. The molecule has 1 aromatic heterocycles. The van der Waals surface area contributed by atoms with E-state index in [1.807, 2.05) is 16.8 Å². The second-order valence-corrected chi connectivity index (χ2v) is 4.99. The van der Waals surface area contributed by atoms with Crippen LogP contribution < -0.4 is 15.8 Å². The zero-order valence-electron chi connectivity index (χ0n) is 11.2. The lowest BCUT2D eigenvalue weighted by atomic mass is 10.2. The van der Waals surface area contributed by atoms with Crippen LogP contribution >= 0.6 is 11.3 Å². The summed E-state index contributed by atoms with van der Waals surface area (Å²) in [6, 6.07) is 8.55. The van der Waals surface area contributed by atoms with E-state index in [-0.39, 0.29) is 18.3 Å². The molecule has 6 nitrogen and oxygen atoms in total. The molecule has 2 rings (SSSR count). The summed E-state index contributed by atoms with van der Waals surface area (Å²) in [7, 11) is 0. The Bertz CT molecular complexity index is 609. The minimum Gasteiger partial charge on any atom is -0.484 e. The van der Waals surface area contributed by atoms with Crippen molar-refractivity contribution in [2.45, 2.75) is 6.54 Å². The normalized spacial score (nSPS) is 11.1. The molecule has 7 heteroatoms. The van der Waals surface area contributed by atoms with Crippen molar-refractivity contribution in [1.82, 2.24) is 5.32 Å². The van der Waals surface area contributed by atoms with Gasteiger partial charge in [-0.3, -0.25) is 4.79 Å². The number of amidine groups is 1. The standard InChI is InChI=1S/C14H15N3O3S/c15-14(17-19)11-1-3-12(4-2-11)20-8-13(18)16-7-10-5-6-21-9-10/h1-6,9,19H,7-8H2,(H2,15,17)(H,16,18). The maximum absolute atomic E-state index is 11.6. The minimum atomic E-state index is -0.193. The fourth-order valence-corrected chi connectivity index (χ4v) is 2.24. The van der Waals surface area contributed by atoms with Crippen molar-refractivity contribution in [3.63, 3.8) is 0 Å². The van der Waals surface area contributed by atoms with E-state index in [0.29, 0.717) is 17.9 Å². The number of benzene rings is 1. The van der Waals surface area contributed by atoms with Gasteiger partial charge in [0.25, 0.3) is 5.91 Å². The fraction of sp³-hybridized carbons (Fsp3) is 0.143. The van der Waals surface area contributed by atoms with E-state index in [4.69, 9.17) is 15.7 Å². The first-order valence-corrected chi connectivity index (χ1v) is 7.12. The highest BCUT2D eigenvalue weighted by Gasteiger charge is 2.04. The molecule has 0 aliphatic rings. The lowest BCUT2D eigenvalue weighted by Crippen LogP contribution is -2.28. The van der Waals surface area contributed by atoms with Crippen LogP contribution in [-0.2, 0) is 11.3 Å². The molecular formula is C14H15N3O3S. The van der Waals surface area contributed by atoms with Gasteiger partial charge in [-0.1, -0.05) is 5.16 Å². The largest absolute Gasteiger partial charge is 0.484 e. The summed E-state index contributed by atoms with van der Waals surface area (Å²) < 4.78 is 5.35. The van der Waals surface area contributed by atoms with Crippen LogP contribution in [0.5, 0.6) is 5.75 Å². The van der Waals surface area contributed by atoms with Crippen LogP contribution in [0, 0.1) is 0 Å². The SMILES string of the molecule is NC(=NO)c1ccc(OCC(=O)NCc2ccsc2)cc1. The van der Waals surface area contributed by atoms with Crippen LogP contribution in [-0.4, -0.2) is 23.6 Å². The highest BCUT2D eigenvalue weighted by Crippen LogP contribution is 2.12. The second-order valence-electron chi connectivity index (χ2n) is 4.21. The van der Waals surface area contributed by atoms with Gasteiger partial charge in [-0.15, -0.1) is 0 Å². The first-order chi connectivity index (χ1) is 10.2. The van der Waals surface area contributed by atoms with Gasteiger partial charge in [-0.2, -0.15) is 11.3 Å². The Morgan fingerprint density at radius 1 is 1.33 bits per heavy atom. The molecular weight excluding hydrogens is 290 g/mol. The third kappa shape index (κ3) is 4.50. The van der Waals surface area contributed by atoms with E-state index in [0.717, 1.165) is 5.56 Å². The molecule has 0 radical (unpaired) electrons. The molecule has 0 bridgehead atoms. The summed E-state index contributed by atoms with van der Waals surface area (Å²) in [5.74, 6) is 0.368. The van der Waals surface area contributed by atoms with E-state index >= 15 is 0 Å². The third-order valence-electron chi connectivity index (χ3n) is 2.70. The third-order valence-corrected chi connectivity index (χ3v) is 3.43. The molecule has 4 N–H and O–H groups in total. The summed E-state index contributed by atoms with van der Waals surface area (Å²) >= 11 is 1.59. The molecule has 0 saturated heterocycles. The topological polar surface area (TPSA) is 96.9 Å². The van der Waals surface area contributed by atoms with Gasteiger partial charge < -0.3 is 21.0 Å². The lowest BCUT2D eigenvalue weighted by molar-refractivity contribution is -0.123. The zero-order valence-corrected chi connectivity index (χ0v) is 12.0. The van der Waals surface area contributed by atoms with Gasteiger partial charge in [-0.05, 0) is 46.7 Å². The van der Waals surface area contributed by atoms with Gasteiger partial charge >= 0.3 is 0 Å². The number of hydrogen-bond donors (Lipinski definition) is 3. The van der Waals surface area contributed by atoms with Crippen molar-refractivity contribution in [2.24, 2.45) is 10.9 Å². The molecule has 0 saturated carbocycles. The minimum absolute atomic E-state index is 0.0232. The smallest absolute Gasteiger partial charge is 0.258 e. The Morgan fingerprint density at radius 2 is 2.10 bits per heavy atom. The van der Waals surface area contributed by atoms with Crippen molar-refractivity contribution in [2.75, 3.05) is 6.61 Å². The highest BCUT2D eigenvalue weighted by molar-refractivity contribution is 7.07. The Labute approximate surface area is 125 Å². The summed E-state index contributed by atoms with van der Waals surface area (Å²) in [4.78, 5) is 11.6. The Kier molecular flexibility index (Phi) is 5.16. The van der Waals surface area contributed by atoms with Crippen molar-refractivity contribution in [3.8, 4) is 5.75 Å². The van der Waals surface area contributed by atoms with Gasteiger partial charge in [0, 0.05) is 12.1 Å². The summed E-state index contributed by atoms with van der Waals surface area (Å²) in [6.07, 6.45) is 0. The van der Waals surface area contributed by atoms with Crippen LogP contribution in [0.3, 0.4) is 0 Å². The molecule has 110 valence electrons. The molecule has 2 aromatic rings. The van der Waals surface area contributed by atoms with Crippen molar-refractivity contribution in [1.29, 1.82) is 0 Å². The first kappa shape index (κ1) is 14.9. The maximum atomic E-state index is 11.6. The summed E-state index contributed by atoms with van der Waals surface area (Å²) in [5, 5.41) is 18.2. The van der Waals surface area contributed by atoms with Crippen molar-refractivity contribution in [3.05, 3.63) is 52.2 Å². The predicted octanol–water partition coefficient (Wildman–Crippen LogP) is 1.54. The van der Waals surface area contributed by atoms with E-state index in [9.17, 15) is 4.79 Å². The van der Waals surface area contributed by atoms with E-state index in [1.165, 1.54) is 0 Å². The van der Waals surface area contributed by atoms with Gasteiger partial charge in [-0.25, -0.2) is 0 Å².